The summed E-state index contributed by atoms with van der Waals surface area (Å²) < 4.78 is 39.9. The van der Waals surface area contributed by atoms with Crippen LogP contribution in [0.5, 0.6) is 0 Å². The van der Waals surface area contributed by atoms with Gasteiger partial charge in [-0.15, -0.1) is 0 Å². The summed E-state index contributed by atoms with van der Waals surface area (Å²) in [5, 5.41) is 2.62. The lowest BCUT2D eigenvalue weighted by atomic mass is 9.94. The summed E-state index contributed by atoms with van der Waals surface area (Å²) in [5.41, 5.74) is 1.31. The van der Waals surface area contributed by atoms with Crippen LogP contribution in [0.1, 0.15) is 23.5 Å². The molecule has 2 aromatic rings. The van der Waals surface area contributed by atoms with Crippen LogP contribution in [-0.4, -0.2) is 44.8 Å². The summed E-state index contributed by atoms with van der Waals surface area (Å²) in [6, 6.07) is 3.50. The van der Waals surface area contributed by atoms with Crippen LogP contribution >= 0.6 is 0 Å². The Balaban J connectivity index is 1.60. The van der Waals surface area contributed by atoms with Gasteiger partial charge in [0.05, 0.1) is 6.54 Å². The lowest BCUT2D eigenvalue weighted by Gasteiger charge is -2.28. The summed E-state index contributed by atoms with van der Waals surface area (Å²) in [7, 11) is 1.50. The second-order valence-corrected chi connectivity index (χ2v) is 6.87. The number of anilines is 1. The number of fused-ring (bicyclic) bond motifs is 1. The number of nitrogens with one attached hydrogen (secondary N) is 1. The molecule has 3 heterocycles. The lowest BCUT2D eigenvalue weighted by molar-refractivity contribution is -0.147. The van der Waals surface area contributed by atoms with Crippen LogP contribution in [0.3, 0.4) is 0 Å². The van der Waals surface area contributed by atoms with Crippen LogP contribution in [-0.2, 0) is 28.7 Å². The van der Waals surface area contributed by atoms with Gasteiger partial charge in [-0.1, -0.05) is 0 Å². The smallest absolute Gasteiger partial charge is 0.336 e. The molecule has 0 aliphatic carbocycles. The third-order valence-corrected chi connectivity index (χ3v) is 4.64. The fraction of sp³-hybridized carbons (Fsp3) is 0.444. The zero-order valence-electron chi connectivity index (χ0n) is 15.5. The molecule has 0 saturated carbocycles. The van der Waals surface area contributed by atoms with Gasteiger partial charge in [-0.25, -0.2) is 9.97 Å². The van der Waals surface area contributed by atoms with E-state index in [0.717, 1.165) is 10.1 Å². The van der Waals surface area contributed by atoms with E-state index < -0.39 is 23.8 Å². The average Bonchev–Trinajstić information content (AvgIpc) is 3.04. The maximum atomic E-state index is 12.9. The molecule has 1 aliphatic heterocycles. The Labute approximate surface area is 159 Å². The molecular weight excluding hydrogens is 375 g/mol. The maximum absolute atomic E-state index is 12.9. The Morgan fingerprint density at radius 2 is 2.11 bits per heavy atom. The first-order valence-electron chi connectivity index (χ1n) is 8.74. The number of pyridine rings is 1. The maximum Gasteiger partial charge on any atom is 0.449 e. The van der Waals surface area contributed by atoms with E-state index >= 15 is 0 Å². The standard InChI is InChI=1S/C18H20F3N5O2/c1-11-3-5-22-14(7-11)24-15(27)10-25(2)16(28)12-4-6-26-13(8-12)9-23-17(26)18(19,20)21/h3,5,7,9,12H,4,6,8,10H2,1-2H3,(H,22,24,27)/t12-/m0/s1. The van der Waals surface area contributed by atoms with E-state index in [-0.39, 0.29) is 31.8 Å². The molecule has 2 amide bonds. The zero-order chi connectivity index (χ0) is 20.5. The first-order chi connectivity index (χ1) is 13.1. The first-order valence-corrected chi connectivity index (χ1v) is 8.74. The molecule has 0 fully saturated rings. The number of hydrogen-bond acceptors (Lipinski definition) is 4. The van der Waals surface area contributed by atoms with Crippen LogP contribution in [0.2, 0.25) is 0 Å². The molecule has 0 spiro atoms. The Morgan fingerprint density at radius 1 is 1.36 bits per heavy atom. The molecule has 3 rings (SSSR count). The van der Waals surface area contributed by atoms with Crippen LogP contribution in [0.25, 0.3) is 0 Å². The number of aromatic nitrogens is 3. The molecule has 0 saturated heterocycles. The van der Waals surface area contributed by atoms with Crippen molar-refractivity contribution in [2.45, 2.75) is 32.5 Å². The van der Waals surface area contributed by atoms with Gasteiger partial charge in [0.2, 0.25) is 17.6 Å². The predicted molar refractivity (Wildman–Crippen MR) is 94.3 cm³/mol. The van der Waals surface area contributed by atoms with E-state index in [0.29, 0.717) is 11.5 Å². The Kier molecular flexibility index (Phi) is 5.39. The van der Waals surface area contributed by atoms with Crippen molar-refractivity contribution >= 4 is 17.6 Å². The minimum Gasteiger partial charge on any atom is -0.336 e. The summed E-state index contributed by atoms with van der Waals surface area (Å²) in [6.07, 6.45) is -1.36. The molecule has 2 aromatic heterocycles. The summed E-state index contributed by atoms with van der Waals surface area (Å²) in [4.78, 5) is 33.5. The molecule has 0 aromatic carbocycles. The first kappa shape index (κ1) is 19.8. The lowest BCUT2D eigenvalue weighted by Crippen LogP contribution is -2.41. The second kappa shape index (κ2) is 7.61. The van der Waals surface area contributed by atoms with E-state index in [2.05, 4.69) is 15.3 Å². The zero-order valence-corrected chi connectivity index (χ0v) is 15.5. The van der Waals surface area contributed by atoms with Crippen LogP contribution < -0.4 is 5.32 Å². The van der Waals surface area contributed by atoms with Crippen molar-refractivity contribution in [2.24, 2.45) is 5.92 Å². The van der Waals surface area contributed by atoms with Crippen LogP contribution in [0.15, 0.2) is 24.5 Å². The topological polar surface area (TPSA) is 80.1 Å². The number of likely N-dealkylation sites (N-methyl/N-ethyl adjacent to an activating group) is 1. The van der Waals surface area contributed by atoms with Crippen molar-refractivity contribution in [2.75, 3.05) is 18.9 Å². The quantitative estimate of drug-likeness (QED) is 0.861. The number of carbonyl (C=O) groups excluding carboxylic acids is 2. The van der Waals surface area contributed by atoms with E-state index in [4.69, 9.17) is 0 Å². The summed E-state index contributed by atoms with van der Waals surface area (Å²) >= 11 is 0. The molecule has 1 atom stereocenters. The third kappa shape index (κ3) is 4.32. The molecule has 1 N–H and O–H groups in total. The minimum absolute atomic E-state index is 0.0633. The van der Waals surface area contributed by atoms with Gasteiger partial charge in [0, 0.05) is 44.0 Å². The van der Waals surface area contributed by atoms with Gasteiger partial charge in [-0.3, -0.25) is 9.59 Å². The number of rotatable bonds is 4. The SMILES string of the molecule is Cc1ccnc(NC(=O)CN(C)C(=O)[C@H]2CCn3c(cnc3C(F)(F)F)C2)c1. The predicted octanol–water partition coefficient (Wildman–Crippen LogP) is 2.26. The number of halogens is 3. The summed E-state index contributed by atoms with van der Waals surface area (Å²) in [5.74, 6) is -1.71. The van der Waals surface area contributed by atoms with Crippen molar-refractivity contribution in [3.63, 3.8) is 0 Å². The highest BCUT2D eigenvalue weighted by Crippen LogP contribution is 2.32. The van der Waals surface area contributed by atoms with Crippen molar-refractivity contribution in [1.82, 2.24) is 19.4 Å². The number of aryl methyl sites for hydroxylation is 1. The van der Waals surface area contributed by atoms with Gasteiger partial charge >= 0.3 is 6.18 Å². The molecule has 10 heteroatoms. The van der Waals surface area contributed by atoms with Crippen LogP contribution in [0, 0.1) is 12.8 Å². The van der Waals surface area contributed by atoms with E-state index in [1.54, 1.807) is 18.3 Å². The number of alkyl halides is 3. The fourth-order valence-corrected chi connectivity index (χ4v) is 3.29. The van der Waals surface area contributed by atoms with Gasteiger partial charge in [0.25, 0.3) is 0 Å². The number of hydrogen-bond donors (Lipinski definition) is 1. The normalized spacial score (nSPS) is 16.4. The van der Waals surface area contributed by atoms with E-state index in [1.165, 1.54) is 18.1 Å². The monoisotopic (exact) mass is 395 g/mol. The van der Waals surface area contributed by atoms with Gasteiger partial charge in [-0.2, -0.15) is 13.2 Å². The Hall–Kier alpha value is -2.91. The fourth-order valence-electron chi connectivity index (χ4n) is 3.29. The van der Waals surface area contributed by atoms with Crippen LogP contribution in [0.4, 0.5) is 19.0 Å². The van der Waals surface area contributed by atoms with Crippen molar-refractivity contribution < 1.29 is 22.8 Å². The van der Waals surface area contributed by atoms with Crippen molar-refractivity contribution in [3.05, 3.63) is 41.6 Å². The van der Waals surface area contributed by atoms with Crippen molar-refractivity contribution in [3.8, 4) is 0 Å². The molecule has 28 heavy (non-hydrogen) atoms. The van der Waals surface area contributed by atoms with Gasteiger partial charge in [0.1, 0.15) is 5.82 Å². The van der Waals surface area contributed by atoms with E-state index in [1.807, 2.05) is 6.92 Å². The summed E-state index contributed by atoms with van der Waals surface area (Å²) in [6.45, 7) is 1.76. The Morgan fingerprint density at radius 3 is 2.79 bits per heavy atom. The second-order valence-electron chi connectivity index (χ2n) is 6.87. The molecule has 0 unspecified atom stereocenters. The molecule has 0 bridgehead atoms. The molecule has 0 radical (unpaired) electrons. The van der Waals surface area contributed by atoms with Gasteiger partial charge in [-0.05, 0) is 31.0 Å². The highest BCUT2D eigenvalue weighted by molar-refractivity contribution is 5.94. The van der Waals surface area contributed by atoms with Gasteiger partial charge in [0.15, 0.2) is 0 Å². The van der Waals surface area contributed by atoms with E-state index in [9.17, 15) is 22.8 Å². The van der Waals surface area contributed by atoms with Gasteiger partial charge < -0.3 is 14.8 Å². The Bertz CT molecular complexity index is 894. The molecule has 7 nitrogen and oxygen atoms in total. The number of imidazole rings is 1. The van der Waals surface area contributed by atoms with Crippen molar-refractivity contribution in [1.29, 1.82) is 0 Å². The third-order valence-electron chi connectivity index (χ3n) is 4.64. The number of nitrogens with zero attached hydrogens (tertiary/aromatic N) is 4. The minimum atomic E-state index is -4.52. The number of carbonyl (C=O) groups is 2. The molecule has 150 valence electrons. The average molecular weight is 395 g/mol. The highest BCUT2D eigenvalue weighted by Gasteiger charge is 2.39. The largest absolute Gasteiger partial charge is 0.449 e. The molecule has 1 aliphatic rings. The number of amides is 2. The molecular formula is C18H20F3N5O2. The highest BCUT2D eigenvalue weighted by atomic mass is 19.4.